The number of hydrogen-bond donors (Lipinski definition) is 2. The molecule has 0 aliphatic heterocycles. The number of ether oxygens (including phenoxy) is 1. The van der Waals surface area contributed by atoms with Crippen molar-refractivity contribution in [3.63, 3.8) is 0 Å². The molecule has 2 rings (SSSR count). The van der Waals surface area contributed by atoms with Crippen molar-refractivity contribution in [3.05, 3.63) is 65.2 Å². The van der Waals surface area contributed by atoms with Crippen LogP contribution >= 0.6 is 0 Å². The zero-order valence-corrected chi connectivity index (χ0v) is 10.4. The van der Waals surface area contributed by atoms with E-state index in [0.717, 1.165) is 0 Å². The molecule has 0 fully saturated rings. The van der Waals surface area contributed by atoms with Crippen molar-refractivity contribution in [3.8, 4) is 5.75 Å². The first-order chi connectivity index (χ1) is 9.15. The third kappa shape index (κ3) is 2.89. The van der Waals surface area contributed by atoms with Gasteiger partial charge in [0, 0.05) is 0 Å². The highest BCUT2D eigenvalue weighted by molar-refractivity contribution is 5.37. The number of hydrogen-bond acceptors (Lipinski definition) is 3. The van der Waals surface area contributed by atoms with Crippen LogP contribution in [-0.2, 0) is 0 Å². The lowest BCUT2D eigenvalue weighted by Gasteiger charge is -2.17. The van der Waals surface area contributed by atoms with Gasteiger partial charge in [0.15, 0.2) is 11.6 Å². The van der Waals surface area contributed by atoms with E-state index >= 15 is 0 Å². The Morgan fingerprint density at radius 2 is 1.84 bits per heavy atom. The molecule has 0 saturated heterocycles. The van der Waals surface area contributed by atoms with E-state index < -0.39 is 11.9 Å². The van der Waals surface area contributed by atoms with Gasteiger partial charge in [-0.3, -0.25) is 5.84 Å². The van der Waals surface area contributed by atoms with Crippen LogP contribution in [0.2, 0.25) is 0 Å². The van der Waals surface area contributed by atoms with Crippen LogP contribution in [0.15, 0.2) is 42.5 Å². The molecule has 0 aliphatic carbocycles. The van der Waals surface area contributed by atoms with Crippen molar-refractivity contribution in [2.24, 2.45) is 5.84 Å². The van der Waals surface area contributed by atoms with Gasteiger partial charge >= 0.3 is 0 Å². The van der Waals surface area contributed by atoms with Gasteiger partial charge in [0.2, 0.25) is 0 Å². The molecule has 5 heteroatoms. The minimum atomic E-state index is -0.457. The molecule has 2 aromatic carbocycles. The summed E-state index contributed by atoms with van der Waals surface area (Å²) in [5.74, 6) is 4.82. The average molecular weight is 264 g/mol. The Morgan fingerprint density at radius 3 is 2.47 bits per heavy atom. The van der Waals surface area contributed by atoms with Crippen LogP contribution in [0.25, 0.3) is 0 Å². The molecule has 1 unspecified atom stereocenters. The van der Waals surface area contributed by atoms with Crippen LogP contribution in [0.3, 0.4) is 0 Å². The Labute approximate surface area is 110 Å². The fraction of sp³-hybridized carbons (Fsp3) is 0.143. The Morgan fingerprint density at radius 1 is 1.11 bits per heavy atom. The molecule has 0 amide bonds. The number of benzene rings is 2. The Hall–Kier alpha value is -1.98. The fourth-order valence-electron chi connectivity index (χ4n) is 1.93. The maximum Gasteiger partial charge on any atom is 0.165 e. The standard InChI is InChI=1S/C14H14F2N2O/c1-19-13-8-10(5-6-12(13)16)14(18-17)9-3-2-4-11(15)7-9/h2-8,14,18H,17H2,1H3. The lowest BCUT2D eigenvalue weighted by Crippen LogP contribution is -2.28. The number of methoxy groups -OCH3 is 1. The van der Waals surface area contributed by atoms with E-state index in [-0.39, 0.29) is 11.6 Å². The number of nitrogens with one attached hydrogen (secondary N) is 1. The third-order valence-corrected chi connectivity index (χ3v) is 2.86. The zero-order valence-electron chi connectivity index (χ0n) is 10.4. The minimum absolute atomic E-state index is 0.120. The first-order valence-electron chi connectivity index (χ1n) is 5.70. The Balaban J connectivity index is 2.42. The zero-order chi connectivity index (χ0) is 13.8. The smallest absolute Gasteiger partial charge is 0.165 e. The van der Waals surface area contributed by atoms with Crippen molar-refractivity contribution in [2.75, 3.05) is 7.11 Å². The molecule has 3 N–H and O–H groups in total. The van der Waals surface area contributed by atoms with E-state index in [1.807, 2.05) is 0 Å². The summed E-state index contributed by atoms with van der Waals surface area (Å²) in [6.07, 6.45) is 0. The second-order valence-electron chi connectivity index (χ2n) is 4.05. The SMILES string of the molecule is COc1cc(C(NN)c2cccc(F)c2)ccc1F. The van der Waals surface area contributed by atoms with Gasteiger partial charge in [-0.1, -0.05) is 18.2 Å². The summed E-state index contributed by atoms with van der Waals surface area (Å²) >= 11 is 0. The monoisotopic (exact) mass is 264 g/mol. The van der Waals surface area contributed by atoms with Crippen LogP contribution in [0.1, 0.15) is 17.2 Å². The molecule has 0 aromatic heterocycles. The summed E-state index contributed by atoms with van der Waals surface area (Å²) in [5, 5.41) is 0. The first kappa shape index (κ1) is 13.5. The Bertz CT molecular complexity index is 575. The maximum atomic E-state index is 13.4. The molecule has 19 heavy (non-hydrogen) atoms. The average Bonchev–Trinajstić information content (AvgIpc) is 2.41. The van der Waals surface area contributed by atoms with E-state index in [1.165, 1.54) is 31.4 Å². The summed E-state index contributed by atoms with van der Waals surface area (Å²) in [6, 6.07) is 10.0. The van der Waals surface area contributed by atoms with Crippen molar-refractivity contribution in [1.82, 2.24) is 5.43 Å². The van der Waals surface area contributed by atoms with Gasteiger partial charge in [-0.15, -0.1) is 0 Å². The van der Waals surface area contributed by atoms with Gasteiger partial charge < -0.3 is 4.74 Å². The van der Waals surface area contributed by atoms with Crippen LogP contribution in [0.5, 0.6) is 5.75 Å². The second-order valence-corrected chi connectivity index (χ2v) is 4.05. The molecular weight excluding hydrogens is 250 g/mol. The van der Waals surface area contributed by atoms with E-state index in [0.29, 0.717) is 11.1 Å². The number of hydrazine groups is 1. The highest BCUT2D eigenvalue weighted by Gasteiger charge is 2.15. The van der Waals surface area contributed by atoms with E-state index in [2.05, 4.69) is 5.43 Å². The van der Waals surface area contributed by atoms with Gasteiger partial charge in [-0.2, -0.15) is 0 Å². The molecule has 0 aliphatic rings. The quantitative estimate of drug-likeness (QED) is 0.659. The predicted octanol–water partition coefficient (Wildman–Crippen LogP) is 2.53. The third-order valence-electron chi connectivity index (χ3n) is 2.86. The molecule has 1 atom stereocenters. The number of halogens is 2. The van der Waals surface area contributed by atoms with Gasteiger partial charge in [0.05, 0.1) is 13.2 Å². The molecule has 2 aromatic rings. The van der Waals surface area contributed by atoms with Gasteiger partial charge in [-0.05, 0) is 35.4 Å². The van der Waals surface area contributed by atoms with Crippen molar-refractivity contribution in [2.45, 2.75) is 6.04 Å². The van der Waals surface area contributed by atoms with Gasteiger partial charge in [-0.25, -0.2) is 14.2 Å². The van der Waals surface area contributed by atoms with E-state index in [1.54, 1.807) is 18.2 Å². The van der Waals surface area contributed by atoms with Crippen LogP contribution in [0, 0.1) is 11.6 Å². The van der Waals surface area contributed by atoms with E-state index in [4.69, 9.17) is 10.6 Å². The fourth-order valence-corrected chi connectivity index (χ4v) is 1.93. The molecule has 0 radical (unpaired) electrons. The second kappa shape index (κ2) is 5.77. The summed E-state index contributed by atoms with van der Waals surface area (Å²) in [7, 11) is 1.38. The van der Waals surface area contributed by atoms with Gasteiger partial charge in [0.25, 0.3) is 0 Å². The topological polar surface area (TPSA) is 47.3 Å². The van der Waals surface area contributed by atoms with Crippen LogP contribution < -0.4 is 16.0 Å². The predicted molar refractivity (Wildman–Crippen MR) is 68.5 cm³/mol. The first-order valence-corrected chi connectivity index (χ1v) is 5.70. The summed E-state index contributed by atoms with van der Waals surface area (Å²) in [5.41, 5.74) is 3.92. The van der Waals surface area contributed by atoms with Crippen LogP contribution in [0.4, 0.5) is 8.78 Å². The normalized spacial score (nSPS) is 12.2. The van der Waals surface area contributed by atoms with E-state index in [9.17, 15) is 8.78 Å². The summed E-state index contributed by atoms with van der Waals surface area (Å²) in [6.45, 7) is 0. The van der Waals surface area contributed by atoms with Crippen molar-refractivity contribution >= 4 is 0 Å². The lowest BCUT2D eigenvalue weighted by molar-refractivity contribution is 0.385. The summed E-state index contributed by atoms with van der Waals surface area (Å²) in [4.78, 5) is 0. The molecule has 0 bridgehead atoms. The molecule has 3 nitrogen and oxygen atoms in total. The highest BCUT2D eigenvalue weighted by Crippen LogP contribution is 2.26. The lowest BCUT2D eigenvalue weighted by atomic mass is 9.99. The maximum absolute atomic E-state index is 13.4. The highest BCUT2D eigenvalue weighted by atomic mass is 19.1. The molecule has 100 valence electrons. The van der Waals surface area contributed by atoms with Crippen molar-refractivity contribution < 1.29 is 13.5 Å². The molecule has 0 spiro atoms. The number of nitrogens with two attached hydrogens (primary N) is 1. The Kier molecular flexibility index (Phi) is 4.09. The molecule has 0 heterocycles. The number of rotatable bonds is 4. The minimum Gasteiger partial charge on any atom is -0.494 e. The molecule has 0 saturated carbocycles. The molecular formula is C14H14F2N2O. The van der Waals surface area contributed by atoms with Crippen molar-refractivity contribution in [1.29, 1.82) is 0 Å². The summed E-state index contributed by atoms with van der Waals surface area (Å²) < 4.78 is 31.5. The largest absolute Gasteiger partial charge is 0.494 e. The van der Waals surface area contributed by atoms with Crippen LogP contribution in [-0.4, -0.2) is 7.11 Å². The van der Waals surface area contributed by atoms with Gasteiger partial charge in [0.1, 0.15) is 5.82 Å².